The summed E-state index contributed by atoms with van der Waals surface area (Å²) < 4.78 is 63.2. The fourth-order valence-electron chi connectivity index (χ4n) is 4.97. The van der Waals surface area contributed by atoms with Crippen LogP contribution in [0.3, 0.4) is 0 Å². The van der Waals surface area contributed by atoms with Crippen LogP contribution in [0.25, 0.3) is 20.2 Å². The molecular weight excluding hydrogens is 765 g/mol. The summed E-state index contributed by atoms with van der Waals surface area (Å²) in [5.74, 6) is -0.210. The van der Waals surface area contributed by atoms with Crippen LogP contribution in [0.2, 0.25) is 0 Å². The Balaban J connectivity index is 0.000000211. The van der Waals surface area contributed by atoms with Crippen molar-refractivity contribution in [3.63, 3.8) is 0 Å². The van der Waals surface area contributed by atoms with Crippen LogP contribution in [0.15, 0.2) is 130 Å². The Morgan fingerprint density at radius 2 is 1.37 bits per heavy atom. The Bertz CT molecular complexity index is 2190. The molecular formula is C36H35BrN2O6S4. The highest BCUT2D eigenvalue weighted by Gasteiger charge is 2.28. The van der Waals surface area contributed by atoms with Gasteiger partial charge in [0.25, 0.3) is 20.0 Å². The molecule has 6 aromatic rings. The number of fused-ring (bicyclic) bond motifs is 2. The van der Waals surface area contributed by atoms with Crippen LogP contribution in [-0.4, -0.2) is 36.0 Å². The first-order valence-electron chi connectivity index (χ1n) is 15.6. The molecule has 256 valence electrons. The molecule has 0 aliphatic carbocycles. The lowest BCUT2D eigenvalue weighted by Crippen LogP contribution is -2.31. The van der Waals surface area contributed by atoms with E-state index in [1.54, 1.807) is 67.6 Å². The van der Waals surface area contributed by atoms with E-state index in [0.29, 0.717) is 42.4 Å². The Hall–Kier alpha value is -3.75. The monoisotopic (exact) mass is 798 g/mol. The molecule has 13 heteroatoms. The summed E-state index contributed by atoms with van der Waals surface area (Å²) in [5.41, 5.74) is 0. The number of carbonyl (C=O) groups is 1. The highest BCUT2D eigenvalue weighted by molar-refractivity contribution is 9.10. The second-order valence-electron chi connectivity index (χ2n) is 10.8. The predicted molar refractivity (Wildman–Crippen MR) is 205 cm³/mol. The van der Waals surface area contributed by atoms with Crippen molar-refractivity contribution in [2.24, 2.45) is 0 Å². The average Bonchev–Trinajstić information content (AvgIpc) is 3.67. The van der Waals surface area contributed by atoms with Crippen molar-refractivity contribution in [2.45, 2.75) is 42.4 Å². The second kappa shape index (κ2) is 16.8. The van der Waals surface area contributed by atoms with Crippen molar-refractivity contribution in [1.29, 1.82) is 0 Å². The summed E-state index contributed by atoms with van der Waals surface area (Å²) in [6, 6.07) is 34.4. The zero-order valence-corrected chi connectivity index (χ0v) is 31.5. The van der Waals surface area contributed by atoms with E-state index in [1.807, 2.05) is 54.6 Å². The van der Waals surface area contributed by atoms with E-state index in [1.165, 1.54) is 27.0 Å². The van der Waals surface area contributed by atoms with Crippen LogP contribution in [0.5, 0.6) is 0 Å². The van der Waals surface area contributed by atoms with Gasteiger partial charge in [-0.15, -0.1) is 22.7 Å². The zero-order valence-electron chi connectivity index (χ0n) is 26.6. The Morgan fingerprint density at radius 1 is 0.755 bits per heavy atom. The fraction of sp³-hybridized carbons (Fsp3) is 0.194. The van der Waals surface area contributed by atoms with Gasteiger partial charge in [0.05, 0.1) is 20.9 Å². The summed E-state index contributed by atoms with van der Waals surface area (Å²) in [6.45, 7) is 2.50. The lowest BCUT2D eigenvalue weighted by atomic mass is 10.2. The number of hydrogen-bond donors (Lipinski definition) is 1. The molecule has 0 radical (unpaired) electrons. The van der Waals surface area contributed by atoms with Gasteiger partial charge in [-0.1, -0.05) is 79.2 Å². The van der Waals surface area contributed by atoms with E-state index < -0.39 is 20.0 Å². The number of rotatable bonds is 13. The van der Waals surface area contributed by atoms with Crippen molar-refractivity contribution in [2.75, 3.05) is 22.2 Å². The van der Waals surface area contributed by atoms with Crippen LogP contribution in [-0.2, 0) is 29.6 Å². The Morgan fingerprint density at radius 3 is 2.02 bits per heavy atom. The molecule has 0 fully saturated rings. The third kappa shape index (κ3) is 9.28. The minimum Gasteiger partial charge on any atom is -0.466 e. The van der Waals surface area contributed by atoms with Crippen LogP contribution in [0.4, 0.5) is 10.0 Å². The minimum absolute atomic E-state index is 0.210. The summed E-state index contributed by atoms with van der Waals surface area (Å²) in [4.78, 5) is 12.1. The molecule has 1 N–H and O–H groups in total. The van der Waals surface area contributed by atoms with Gasteiger partial charge in [0, 0.05) is 27.8 Å². The van der Waals surface area contributed by atoms with Gasteiger partial charge in [0.2, 0.25) is 0 Å². The van der Waals surface area contributed by atoms with Crippen molar-refractivity contribution < 1.29 is 26.4 Å². The van der Waals surface area contributed by atoms with E-state index in [4.69, 9.17) is 4.74 Å². The number of carbonyl (C=O) groups excluding carboxylic acids is 1. The molecule has 2 heterocycles. The molecule has 2 aromatic heterocycles. The SMILES string of the molecule is CCOC(=O)CCCCCN(c1sc2ccccc2c1Br)S(=O)(=O)c1ccccc1.O=S(=O)(Nc1cc2ccccc2s1)c1ccccc1. The molecule has 0 aliphatic rings. The highest BCUT2D eigenvalue weighted by atomic mass is 79.9. The number of benzene rings is 4. The summed E-state index contributed by atoms with van der Waals surface area (Å²) in [7, 11) is -7.21. The van der Waals surface area contributed by atoms with Gasteiger partial charge in [0.1, 0.15) is 10.0 Å². The largest absolute Gasteiger partial charge is 0.466 e. The third-order valence-corrected chi connectivity index (χ3v) is 14.1. The van der Waals surface area contributed by atoms with Gasteiger partial charge >= 0.3 is 5.97 Å². The van der Waals surface area contributed by atoms with Crippen molar-refractivity contribution >= 4 is 94.8 Å². The van der Waals surface area contributed by atoms with E-state index in [-0.39, 0.29) is 15.8 Å². The molecule has 0 spiro atoms. The molecule has 6 rings (SSSR count). The molecule has 8 nitrogen and oxygen atoms in total. The number of hydrogen-bond acceptors (Lipinski definition) is 8. The standard InChI is InChI=1S/C22H24BrNO4S2.C14H11NO2S2/c1-2-28-20(25)15-7-4-10-16-24(30(26,27)17-11-5-3-6-12-17)22-21(23)18-13-8-9-14-19(18)29-22;16-19(17,12-7-2-1-3-8-12)15-14-10-11-6-4-5-9-13(11)18-14/h3,5-6,8-9,11-14H,2,4,7,10,15-16H2,1H3;1-10,15H. The van der Waals surface area contributed by atoms with Crippen LogP contribution >= 0.6 is 38.6 Å². The summed E-state index contributed by atoms with van der Waals surface area (Å²) >= 11 is 6.50. The minimum atomic E-state index is -3.71. The molecule has 0 bridgehead atoms. The molecule has 0 unspecified atom stereocenters. The number of esters is 1. The molecule has 0 aliphatic heterocycles. The topological polar surface area (TPSA) is 110 Å². The number of thiophene rings is 2. The molecule has 49 heavy (non-hydrogen) atoms. The first-order valence-corrected chi connectivity index (χ1v) is 20.9. The Kier molecular flexibility index (Phi) is 12.5. The number of ether oxygens (including phenoxy) is 1. The first-order chi connectivity index (χ1) is 23.6. The number of anilines is 2. The molecule has 0 amide bonds. The number of sulfonamides is 2. The maximum Gasteiger partial charge on any atom is 0.305 e. The van der Waals surface area contributed by atoms with Crippen molar-refractivity contribution in [3.8, 4) is 0 Å². The molecule has 4 aromatic carbocycles. The zero-order chi connectivity index (χ0) is 34.9. The summed E-state index contributed by atoms with van der Waals surface area (Å²) in [6.07, 6.45) is 2.41. The molecule has 0 saturated carbocycles. The second-order valence-corrected chi connectivity index (χ2v) is 17.2. The average molecular weight is 800 g/mol. The highest BCUT2D eigenvalue weighted by Crippen LogP contribution is 2.44. The number of unbranched alkanes of at least 4 members (excludes halogenated alkanes) is 2. The maximum absolute atomic E-state index is 13.5. The Labute approximate surface area is 303 Å². The van der Waals surface area contributed by atoms with Gasteiger partial charge in [-0.25, -0.2) is 16.8 Å². The van der Waals surface area contributed by atoms with Gasteiger partial charge < -0.3 is 4.74 Å². The van der Waals surface area contributed by atoms with Gasteiger partial charge in [0.15, 0.2) is 0 Å². The normalized spacial score (nSPS) is 11.6. The van der Waals surface area contributed by atoms with E-state index in [2.05, 4.69) is 20.7 Å². The number of nitrogens with zero attached hydrogens (tertiary/aromatic N) is 1. The smallest absolute Gasteiger partial charge is 0.305 e. The van der Waals surface area contributed by atoms with Crippen LogP contribution in [0, 0.1) is 0 Å². The molecule has 0 atom stereocenters. The van der Waals surface area contributed by atoms with E-state index in [0.717, 1.165) is 31.1 Å². The van der Waals surface area contributed by atoms with E-state index in [9.17, 15) is 21.6 Å². The van der Waals surface area contributed by atoms with Gasteiger partial charge in [-0.2, -0.15) is 0 Å². The number of nitrogens with one attached hydrogen (secondary N) is 1. The summed E-state index contributed by atoms with van der Waals surface area (Å²) in [5, 5.41) is 3.34. The van der Waals surface area contributed by atoms with Crippen LogP contribution < -0.4 is 9.03 Å². The fourth-order valence-corrected chi connectivity index (χ4v) is 11.2. The first kappa shape index (κ1) is 36.5. The lowest BCUT2D eigenvalue weighted by Gasteiger charge is -2.23. The van der Waals surface area contributed by atoms with Gasteiger partial charge in [-0.3, -0.25) is 13.8 Å². The van der Waals surface area contributed by atoms with Crippen LogP contribution in [0.1, 0.15) is 32.6 Å². The third-order valence-electron chi connectivity index (χ3n) is 7.34. The predicted octanol–water partition coefficient (Wildman–Crippen LogP) is 9.68. The van der Waals surface area contributed by atoms with Gasteiger partial charge in [-0.05, 0) is 83.5 Å². The van der Waals surface area contributed by atoms with E-state index >= 15 is 0 Å². The molecule has 0 saturated heterocycles. The maximum atomic E-state index is 13.5. The van der Waals surface area contributed by atoms with Crippen molar-refractivity contribution in [1.82, 2.24) is 0 Å². The van der Waals surface area contributed by atoms with Crippen molar-refractivity contribution in [3.05, 3.63) is 120 Å². The number of halogens is 1. The quantitative estimate of drug-likeness (QED) is 0.0921. The lowest BCUT2D eigenvalue weighted by molar-refractivity contribution is -0.143.